The molecule has 9 nitrogen and oxygen atoms in total. The van der Waals surface area contributed by atoms with Gasteiger partial charge in [0.25, 0.3) is 0 Å². The zero-order chi connectivity index (χ0) is 21.3. The summed E-state index contributed by atoms with van der Waals surface area (Å²) in [6, 6.07) is 2.85. The number of nitrogens with zero attached hydrogens (tertiary/aromatic N) is 5. The average molecular weight is 444 g/mol. The summed E-state index contributed by atoms with van der Waals surface area (Å²) >= 11 is 7.86. The van der Waals surface area contributed by atoms with E-state index in [1.807, 2.05) is 13.8 Å². The number of hydrogen-bond acceptors (Lipinski definition) is 7. The third-order valence-electron chi connectivity index (χ3n) is 4.33. The molecular formula is C19H18ClN7O2S. The standard InChI is InChI=1S/C19H18ClN7O2S/c1-4-11-14(9-21-18-15(11)23-10(2)30-18)25-19(28)24-13-8-12(20)16(26-17(13)29-3)27-7-5-6-22-27/h5-9H,4H2,1-3H3,(H2,24,25,28). The van der Waals surface area contributed by atoms with Crippen LogP contribution in [0.25, 0.3) is 16.2 Å². The van der Waals surface area contributed by atoms with Gasteiger partial charge in [0.15, 0.2) is 5.82 Å². The third-order valence-corrected chi connectivity index (χ3v) is 5.48. The molecule has 0 fully saturated rings. The van der Waals surface area contributed by atoms with Crippen molar-refractivity contribution in [1.82, 2.24) is 24.7 Å². The van der Waals surface area contributed by atoms with E-state index in [0.717, 1.165) is 20.9 Å². The molecule has 154 valence electrons. The number of halogens is 1. The van der Waals surface area contributed by atoms with Crippen molar-refractivity contribution in [2.24, 2.45) is 0 Å². The molecule has 2 amide bonds. The van der Waals surface area contributed by atoms with Gasteiger partial charge in [-0.3, -0.25) is 0 Å². The Morgan fingerprint density at radius 3 is 2.80 bits per heavy atom. The number of pyridine rings is 2. The molecule has 4 aromatic rings. The van der Waals surface area contributed by atoms with Crippen molar-refractivity contribution in [2.45, 2.75) is 20.3 Å². The first kappa shape index (κ1) is 20.0. The fraction of sp³-hybridized carbons (Fsp3) is 0.211. The van der Waals surface area contributed by atoms with Crippen LogP contribution in [0.1, 0.15) is 17.5 Å². The fourth-order valence-electron chi connectivity index (χ4n) is 3.03. The molecule has 2 N–H and O–H groups in total. The van der Waals surface area contributed by atoms with E-state index in [1.165, 1.54) is 23.1 Å². The van der Waals surface area contributed by atoms with Crippen LogP contribution in [-0.4, -0.2) is 37.9 Å². The molecule has 0 aliphatic heterocycles. The Bertz CT molecular complexity index is 1220. The molecular weight excluding hydrogens is 426 g/mol. The van der Waals surface area contributed by atoms with Crippen molar-refractivity contribution in [2.75, 3.05) is 17.7 Å². The third kappa shape index (κ3) is 3.79. The lowest BCUT2D eigenvalue weighted by molar-refractivity contribution is 0.262. The molecule has 0 saturated carbocycles. The molecule has 0 bridgehead atoms. The van der Waals surface area contributed by atoms with E-state index in [1.54, 1.807) is 30.7 Å². The Kier molecular flexibility index (Phi) is 5.51. The highest BCUT2D eigenvalue weighted by atomic mass is 35.5. The first-order chi connectivity index (χ1) is 14.5. The van der Waals surface area contributed by atoms with E-state index in [-0.39, 0.29) is 5.88 Å². The lowest BCUT2D eigenvalue weighted by atomic mass is 10.1. The summed E-state index contributed by atoms with van der Waals surface area (Å²) in [5.74, 6) is 0.603. The minimum Gasteiger partial charge on any atom is -0.479 e. The van der Waals surface area contributed by atoms with Gasteiger partial charge in [-0.05, 0) is 25.5 Å². The Balaban J connectivity index is 1.60. The molecule has 0 atom stereocenters. The molecule has 4 aromatic heterocycles. The highest BCUT2D eigenvalue weighted by molar-refractivity contribution is 7.18. The molecule has 30 heavy (non-hydrogen) atoms. The molecule has 0 radical (unpaired) electrons. The topological polar surface area (TPSA) is 107 Å². The number of carbonyl (C=O) groups excluding carboxylic acids is 1. The van der Waals surface area contributed by atoms with E-state index in [0.29, 0.717) is 28.6 Å². The number of amides is 2. The van der Waals surface area contributed by atoms with Gasteiger partial charge in [0.1, 0.15) is 16.0 Å². The highest BCUT2D eigenvalue weighted by Crippen LogP contribution is 2.31. The van der Waals surface area contributed by atoms with Crippen LogP contribution in [0.2, 0.25) is 5.02 Å². The van der Waals surface area contributed by atoms with Crippen molar-refractivity contribution >= 4 is 50.7 Å². The van der Waals surface area contributed by atoms with Crippen molar-refractivity contribution in [3.63, 3.8) is 0 Å². The van der Waals surface area contributed by atoms with E-state index >= 15 is 0 Å². The van der Waals surface area contributed by atoms with Crippen LogP contribution in [0, 0.1) is 6.92 Å². The van der Waals surface area contributed by atoms with Crippen LogP contribution in [0.3, 0.4) is 0 Å². The normalized spacial score (nSPS) is 10.9. The number of thiazole rings is 1. The van der Waals surface area contributed by atoms with Crippen LogP contribution in [-0.2, 0) is 6.42 Å². The van der Waals surface area contributed by atoms with Gasteiger partial charge in [-0.15, -0.1) is 0 Å². The minimum atomic E-state index is -0.471. The highest BCUT2D eigenvalue weighted by Gasteiger charge is 2.17. The summed E-state index contributed by atoms with van der Waals surface area (Å²) in [4.78, 5) is 26.8. The number of rotatable bonds is 5. The summed E-state index contributed by atoms with van der Waals surface area (Å²) < 4.78 is 6.83. The van der Waals surface area contributed by atoms with Gasteiger partial charge in [0, 0.05) is 18.0 Å². The number of fused-ring (bicyclic) bond motifs is 1. The Hall–Kier alpha value is -3.24. The van der Waals surface area contributed by atoms with Crippen molar-refractivity contribution in [1.29, 1.82) is 0 Å². The zero-order valence-electron chi connectivity index (χ0n) is 16.4. The molecule has 0 aliphatic carbocycles. The van der Waals surface area contributed by atoms with E-state index in [9.17, 15) is 4.79 Å². The first-order valence-electron chi connectivity index (χ1n) is 9.07. The van der Waals surface area contributed by atoms with Gasteiger partial charge in [-0.25, -0.2) is 19.4 Å². The molecule has 0 spiro atoms. The lowest BCUT2D eigenvalue weighted by Crippen LogP contribution is -2.21. The Morgan fingerprint density at radius 2 is 2.10 bits per heavy atom. The van der Waals surface area contributed by atoms with Gasteiger partial charge in [-0.2, -0.15) is 10.1 Å². The maximum Gasteiger partial charge on any atom is 0.323 e. The van der Waals surface area contributed by atoms with Gasteiger partial charge in [0.2, 0.25) is 5.88 Å². The predicted molar refractivity (Wildman–Crippen MR) is 117 cm³/mol. The summed E-state index contributed by atoms with van der Waals surface area (Å²) in [5.41, 5.74) is 2.66. The second kappa shape index (κ2) is 8.25. The number of methoxy groups -OCH3 is 1. The second-order valence-electron chi connectivity index (χ2n) is 6.27. The molecule has 4 heterocycles. The number of carbonyl (C=O) groups is 1. The van der Waals surface area contributed by atoms with Crippen LogP contribution >= 0.6 is 22.9 Å². The molecule has 0 aliphatic rings. The Morgan fingerprint density at radius 1 is 1.30 bits per heavy atom. The number of nitrogens with one attached hydrogen (secondary N) is 2. The van der Waals surface area contributed by atoms with Crippen LogP contribution in [0.5, 0.6) is 5.88 Å². The second-order valence-corrected chi connectivity index (χ2v) is 7.86. The number of ether oxygens (including phenoxy) is 1. The number of aromatic nitrogens is 5. The molecule has 4 rings (SSSR count). The average Bonchev–Trinajstić information content (AvgIpc) is 3.37. The molecule has 0 unspecified atom stereocenters. The summed E-state index contributed by atoms with van der Waals surface area (Å²) in [7, 11) is 1.46. The van der Waals surface area contributed by atoms with Gasteiger partial charge in [-0.1, -0.05) is 29.9 Å². The van der Waals surface area contributed by atoms with Gasteiger partial charge >= 0.3 is 6.03 Å². The molecule has 0 aromatic carbocycles. The minimum absolute atomic E-state index is 0.208. The monoisotopic (exact) mass is 443 g/mol. The zero-order valence-corrected chi connectivity index (χ0v) is 18.0. The van der Waals surface area contributed by atoms with Crippen LogP contribution in [0.15, 0.2) is 30.7 Å². The largest absolute Gasteiger partial charge is 0.479 e. The van der Waals surface area contributed by atoms with E-state index in [2.05, 4.69) is 30.7 Å². The first-order valence-corrected chi connectivity index (χ1v) is 10.3. The number of anilines is 2. The maximum absolute atomic E-state index is 12.7. The van der Waals surface area contributed by atoms with Crippen LogP contribution in [0.4, 0.5) is 16.2 Å². The van der Waals surface area contributed by atoms with Crippen molar-refractivity contribution < 1.29 is 9.53 Å². The van der Waals surface area contributed by atoms with Crippen LogP contribution < -0.4 is 15.4 Å². The smallest absolute Gasteiger partial charge is 0.323 e. The molecule has 11 heteroatoms. The number of hydrogen-bond donors (Lipinski definition) is 2. The Labute approximate surface area is 181 Å². The predicted octanol–water partition coefficient (Wildman–Crippen LogP) is 4.45. The van der Waals surface area contributed by atoms with E-state index in [4.69, 9.17) is 16.3 Å². The molecule has 0 saturated heterocycles. The number of aryl methyl sites for hydroxylation is 2. The lowest BCUT2D eigenvalue weighted by Gasteiger charge is -2.14. The fourth-order valence-corrected chi connectivity index (χ4v) is 4.06. The quantitative estimate of drug-likeness (QED) is 0.472. The summed E-state index contributed by atoms with van der Waals surface area (Å²) in [6.45, 7) is 3.94. The SMILES string of the molecule is CCc1c(NC(=O)Nc2cc(Cl)c(-n3cccn3)nc2OC)cnc2sc(C)nc12. The van der Waals surface area contributed by atoms with Crippen molar-refractivity contribution in [3.8, 4) is 11.7 Å². The van der Waals surface area contributed by atoms with Gasteiger partial charge < -0.3 is 15.4 Å². The van der Waals surface area contributed by atoms with E-state index < -0.39 is 6.03 Å². The summed E-state index contributed by atoms with van der Waals surface area (Å²) in [6.07, 6.45) is 5.67. The van der Waals surface area contributed by atoms with Gasteiger partial charge in [0.05, 0.1) is 29.0 Å². The summed E-state index contributed by atoms with van der Waals surface area (Å²) in [5, 5.41) is 10.9. The number of urea groups is 1. The maximum atomic E-state index is 12.7. The van der Waals surface area contributed by atoms with Crippen molar-refractivity contribution in [3.05, 3.63) is 46.3 Å².